The fraction of sp³-hybridized carbons (Fsp3) is 0.250. The number of carbonyl (C=O) groups excluding carboxylic acids is 3. The molecule has 1 saturated heterocycles. The zero-order chi connectivity index (χ0) is 19.4. The van der Waals surface area contributed by atoms with Gasteiger partial charge in [-0.2, -0.15) is 0 Å². The maximum Gasteiger partial charge on any atom is 0.311 e. The van der Waals surface area contributed by atoms with Gasteiger partial charge in [0.25, 0.3) is 5.91 Å². The third-order valence-electron chi connectivity index (χ3n) is 4.26. The maximum atomic E-state index is 12.2. The molecule has 1 heterocycles. The van der Waals surface area contributed by atoms with E-state index < -0.39 is 24.4 Å². The molecular weight excluding hydrogens is 368 g/mol. The molecule has 2 aromatic rings. The van der Waals surface area contributed by atoms with E-state index >= 15 is 0 Å². The van der Waals surface area contributed by atoms with E-state index in [2.05, 4.69) is 5.32 Å². The van der Waals surface area contributed by atoms with E-state index in [0.29, 0.717) is 16.4 Å². The average Bonchev–Trinajstić information content (AvgIpc) is 3.03. The van der Waals surface area contributed by atoms with Gasteiger partial charge in [-0.15, -0.1) is 0 Å². The van der Waals surface area contributed by atoms with E-state index in [1.807, 2.05) is 19.1 Å². The Morgan fingerprint density at radius 3 is 2.67 bits per heavy atom. The summed E-state index contributed by atoms with van der Waals surface area (Å²) in [6, 6.07) is 14.2. The second kappa shape index (κ2) is 8.22. The first-order valence-corrected chi connectivity index (χ1v) is 8.89. The fourth-order valence-corrected chi connectivity index (χ4v) is 3.03. The molecule has 0 saturated carbocycles. The molecule has 1 aliphatic heterocycles. The summed E-state index contributed by atoms with van der Waals surface area (Å²) in [4.78, 5) is 37.9. The second-order valence-corrected chi connectivity index (χ2v) is 6.84. The van der Waals surface area contributed by atoms with Crippen LogP contribution < -0.4 is 10.2 Å². The smallest absolute Gasteiger partial charge is 0.311 e. The Morgan fingerprint density at radius 1 is 1.22 bits per heavy atom. The molecule has 0 aliphatic carbocycles. The summed E-state index contributed by atoms with van der Waals surface area (Å²) in [5.41, 5.74) is 2.35. The summed E-state index contributed by atoms with van der Waals surface area (Å²) in [5.74, 6) is -1.78. The van der Waals surface area contributed by atoms with Crippen LogP contribution in [0, 0.1) is 12.8 Å². The van der Waals surface area contributed by atoms with Crippen molar-refractivity contribution in [2.24, 2.45) is 5.92 Å². The molecule has 2 amide bonds. The van der Waals surface area contributed by atoms with Crippen molar-refractivity contribution < 1.29 is 19.1 Å². The predicted octanol–water partition coefficient (Wildman–Crippen LogP) is 3.18. The molecule has 2 aromatic carbocycles. The lowest BCUT2D eigenvalue weighted by Crippen LogP contribution is -2.28. The number of rotatable bonds is 5. The average molecular weight is 387 g/mol. The summed E-state index contributed by atoms with van der Waals surface area (Å²) in [6.07, 6.45) is 0.0466. The number of carbonyl (C=O) groups is 3. The van der Waals surface area contributed by atoms with Crippen molar-refractivity contribution in [3.8, 4) is 0 Å². The number of nitrogens with one attached hydrogen (secondary N) is 1. The molecule has 0 spiro atoms. The van der Waals surface area contributed by atoms with E-state index in [1.54, 1.807) is 36.4 Å². The molecule has 0 bridgehead atoms. The molecular formula is C20H19ClN2O4. The number of hydrogen-bond acceptors (Lipinski definition) is 4. The van der Waals surface area contributed by atoms with Gasteiger partial charge in [0.2, 0.25) is 5.91 Å². The molecule has 1 atom stereocenters. The van der Waals surface area contributed by atoms with Crippen LogP contribution in [0.5, 0.6) is 0 Å². The number of benzene rings is 2. The number of hydrogen-bond donors (Lipinski definition) is 1. The van der Waals surface area contributed by atoms with Gasteiger partial charge >= 0.3 is 5.97 Å². The fourth-order valence-electron chi connectivity index (χ4n) is 2.85. The molecule has 0 aromatic heterocycles. The molecule has 3 rings (SSSR count). The van der Waals surface area contributed by atoms with E-state index in [0.717, 1.165) is 5.56 Å². The molecule has 6 nitrogen and oxygen atoms in total. The molecule has 7 heteroatoms. The quantitative estimate of drug-likeness (QED) is 0.801. The summed E-state index contributed by atoms with van der Waals surface area (Å²) in [7, 11) is 0. The zero-order valence-electron chi connectivity index (χ0n) is 14.8. The first-order valence-electron chi connectivity index (χ1n) is 8.51. The van der Waals surface area contributed by atoms with Gasteiger partial charge in [0, 0.05) is 29.4 Å². The number of nitrogens with zero attached hydrogens (tertiary/aromatic N) is 1. The van der Waals surface area contributed by atoms with Gasteiger partial charge in [-0.1, -0.05) is 35.4 Å². The van der Waals surface area contributed by atoms with Crippen molar-refractivity contribution in [3.63, 3.8) is 0 Å². The van der Waals surface area contributed by atoms with Crippen LogP contribution in [0.15, 0.2) is 48.5 Å². The highest BCUT2D eigenvalue weighted by atomic mass is 35.5. The number of halogens is 1. The van der Waals surface area contributed by atoms with Crippen molar-refractivity contribution in [2.75, 3.05) is 23.4 Å². The van der Waals surface area contributed by atoms with Gasteiger partial charge < -0.3 is 15.0 Å². The van der Waals surface area contributed by atoms with Gasteiger partial charge in [-0.3, -0.25) is 14.4 Å². The first kappa shape index (κ1) is 18.9. The number of esters is 1. The zero-order valence-corrected chi connectivity index (χ0v) is 15.5. The van der Waals surface area contributed by atoms with Crippen LogP contribution >= 0.6 is 11.6 Å². The molecule has 140 valence electrons. The van der Waals surface area contributed by atoms with Crippen molar-refractivity contribution >= 4 is 40.8 Å². The van der Waals surface area contributed by atoms with Crippen molar-refractivity contribution in [1.29, 1.82) is 0 Å². The van der Waals surface area contributed by atoms with Crippen molar-refractivity contribution in [3.05, 3.63) is 59.1 Å². The third kappa shape index (κ3) is 4.86. The van der Waals surface area contributed by atoms with Gasteiger partial charge in [-0.05, 0) is 37.3 Å². The summed E-state index contributed by atoms with van der Waals surface area (Å²) in [5, 5.41) is 3.17. The molecule has 1 aliphatic rings. The lowest BCUT2D eigenvalue weighted by atomic mass is 10.1. The first-order chi connectivity index (χ1) is 12.9. The number of anilines is 2. The van der Waals surface area contributed by atoms with E-state index in [1.165, 1.54) is 4.90 Å². The Bertz CT molecular complexity index is 867. The van der Waals surface area contributed by atoms with Crippen LogP contribution in [0.4, 0.5) is 11.4 Å². The second-order valence-electron chi connectivity index (χ2n) is 6.41. The molecule has 27 heavy (non-hydrogen) atoms. The standard InChI is InChI=1S/C20H19ClN2O4/c1-13-5-7-16(8-6-13)22-18(24)12-27-20(26)14-9-19(25)23(11-14)17-4-2-3-15(21)10-17/h2-8,10,14H,9,11-12H2,1H3,(H,22,24). The normalized spacial score (nSPS) is 16.3. The Labute approximate surface area is 162 Å². The van der Waals surface area contributed by atoms with Crippen LogP contribution in [0.25, 0.3) is 0 Å². The van der Waals surface area contributed by atoms with Gasteiger partial charge in [0.15, 0.2) is 6.61 Å². The Morgan fingerprint density at radius 2 is 1.96 bits per heavy atom. The van der Waals surface area contributed by atoms with E-state index in [9.17, 15) is 14.4 Å². The summed E-state index contributed by atoms with van der Waals surface area (Å²) < 4.78 is 5.08. The topological polar surface area (TPSA) is 75.7 Å². The molecule has 1 unspecified atom stereocenters. The molecule has 0 radical (unpaired) electrons. The van der Waals surface area contributed by atoms with E-state index in [4.69, 9.17) is 16.3 Å². The Hall–Kier alpha value is -2.86. The third-order valence-corrected chi connectivity index (χ3v) is 4.49. The maximum absolute atomic E-state index is 12.2. The highest BCUT2D eigenvalue weighted by Crippen LogP contribution is 2.27. The monoisotopic (exact) mass is 386 g/mol. The minimum absolute atomic E-state index is 0.0466. The highest BCUT2D eigenvalue weighted by Gasteiger charge is 2.36. The minimum atomic E-state index is -0.608. The van der Waals surface area contributed by atoms with Gasteiger partial charge in [0.05, 0.1) is 5.92 Å². The highest BCUT2D eigenvalue weighted by molar-refractivity contribution is 6.31. The van der Waals surface area contributed by atoms with Gasteiger partial charge in [-0.25, -0.2) is 0 Å². The minimum Gasteiger partial charge on any atom is -0.455 e. The summed E-state index contributed by atoms with van der Waals surface area (Å²) in [6.45, 7) is 1.76. The van der Waals surface area contributed by atoms with Crippen LogP contribution in [0.3, 0.4) is 0 Å². The van der Waals surface area contributed by atoms with Gasteiger partial charge in [0.1, 0.15) is 0 Å². The van der Waals surface area contributed by atoms with Crippen LogP contribution in [0.2, 0.25) is 5.02 Å². The molecule has 1 N–H and O–H groups in total. The lowest BCUT2D eigenvalue weighted by molar-refractivity contribution is -0.151. The number of amides is 2. The number of aryl methyl sites for hydroxylation is 1. The largest absolute Gasteiger partial charge is 0.455 e. The van der Waals surface area contributed by atoms with Crippen LogP contribution in [-0.4, -0.2) is 30.9 Å². The van der Waals surface area contributed by atoms with E-state index in [-0.39, 0.29) is 18.9 Å². The number of ether oxygens (including phenoxy) is 1. The Balaban J connectivity index is 1.52. The van der Waals surface area contributed by atoms with Crippen LogP contribution in [0.1, 0.15) is 12.0 Å². The van der Waals surface area contributed by atoms with Crippen molar-refractivity contribution in [2.45, 2.75) is 13.3 Å². The summed E-state index contributed by atoms with van der Waals surface area (Å²) >= 11 is 5.96. The SMILES string of the molecule is Cc1ccc(NC(=O)COC(=O)C2CC(=O)N(c3cccc(Cl)c3)C2)cc1. The lowest BCUT2D eigenvalue weighted by Gasteiger charge is -2.16. The van der Waals surface area contributed by atoms with Crippen LogP contribution in [-0.2, 0) is 19.1 Å². The Kier molecular flexibility index (Phi) is 5.76. The predicted molar refractivity (Wildman–Crippen MR) is 103 cm³/mol. The molecule has 1 fully saturated rings. The van der Waals surface area contributed by atoms with Crippen molar-refractivity contribution in [1.82, 2.24) is 0 Å².